The number of rotatable bonds is 6. The van der Waals surface area contributed by atoms with E-state index in [1.807, 2.05) is 36.1 Å². The van der Waals surface area contributed by atoms with Crippen LogP contribution in [0.1, 0.15) is 40.0 Å². The van der Waals surface area contributed by atoms with E-state index in [1.165, 1.54) is 0 Å². The molecule has 3 heteroatoms. The van der Waals surface area contributed by atoms with Crippen molar-refractivity contribution in [3.05, 3.63) is 24.3 Å². The van der Waals surface area contributed by atoms with Gasteiger partial charge in [0.25, 0.3) is 0 Å². The Balaban J connectivity index is 2.91. The van der Waals surface area contributed by atoms with Gasteiger partial charge in [-0.1, -0.05) is 33.3 Å². The summed E-state index contributed by atoms with van der Waals surface area (Å²) in [5, 5.41) is 0. The summed E-state index contributed by atoms with van der Waals surface area (Å²) in [5.74, 6) is 0.271. The Hall–Kier alpha value is -1.51. The van der Waals surface area contributed by atoms with Gasteiger partial charge in [0.15, 0.2) is 0 Å². The third-order valence-corrected chi connectivity index (χ3v) is 3.04. The van der Waals surface area contributed by atoms with Gasteiger partial charge in [-0.05, 0) is 31.0 Å². The van der Waals surface area contributed by atoms with Crippen LogP contribution < -0.4 is 10.6 Å². The van der Waals surface area contributed by atoms with Crippen molar-refractivity contribution in [2.75, 3.05) is 17.2 Å². The number of carbonyl (C=O) groups excluding carboxylic acids is 1. The van der Waals surface area contributed by atoms with Crippen LogP contribution in [-0.2, 0) is 4.79 Å². The highest BCUT2D eigenvalue weighted by Gasteiger charge is 2.20. The van der Waals surface area contributed by atoms with Crippen molar-refractivity contribution in [3.63, 3.8) is 0 Å². The van der Waals surface area contributed by atoms with Crippen molar-refractivity contribution in [2.24, 2.45) is 5.92 Å². The number of anilines is 2. The third kappa shape index (κ3) is 3.76. The second-order valence-electron chi connectivity index (χ2n) is 4.77. The first kappa shape index (κ1) is 14.6. The minimum absolute atomic E-state index is 0.0722. The Morgan fingerprint density at radius 1 is 1.33 bits per heavy atom. The van der Waals surface area contributed by atoms with Crippen LogP contribution in [0.5, 0.6) is 0 Å². The van der Waals surface area contributed by atoms with E-state index < -0.39 is 0 Å². The third-order valence-electron chi connectivity index (χ3n) is 3.04. The maximum Gasteiger partial charge on any atom is 0.229 e. The van der Waals surface area contributed by atoms with Gasteiger partial charge in [-0.15, -0.1) is 0 Å². The molecule has 1 amide bonds. The van der Waals surface area contributed by atoms with E-state index >= 15 is 0 Å². The Labute approximate surface area is 110 Å². The monoisotopic (exact) mass is 248 g/mol. The molecule has 3 nitrogen and oxygen atoms in total. The van der Waals surface area contributed by atoms with Crippen molar-refractivity contribution >= 4 is 17.3 Å². The number of carbonyl (C=O) groups is 1. The number of nitrogens with zero attached hydrogens (tertiary/aromatic N) is 1. The van der Waals surface area contributed by atoms with E-state index in [0.717, 1.165) is 31.5 Å². The normalized spacial score (nSPS) is 12.2. The lowest BCUT2D eigenvalue weighted by Gasteiger charge is -2.25. The van der Waals surface area contributed by atoms with Crippen molar-refractivity contribution in [1.29, 1.82) is 0 Å². The molecule has 0 saturated carbocycles. The number of hydrogen-bond acceptors (Lipinski definition) is 2. The quantitative estimate of drug-likeness (QED) is 0.784. The van der Waals surface area contributed by atoms with Crippen molar-refractivity contribution in [3.8, 4) is 0 Å². The number of nitrogens with two attached hydrogens (primary N) is 1. The van der Waals surface area contributed by atoms with Crippen molar-refractivity contribution < 1.29 is 4.79 Å². The fourth-order valence-electron chi connectivity index (χ4n) is 2.11. The maximum atomic E-state index is 12.4. The molecule has 1 atom stereocenters. The summed E-state index contributed by atoms with van der Waals surface area (Å²) in [6.07, 6.45) is 2.91. The molecule has 2 N–H and O–H groups in total. The van der Waals surface area contributed by atoms with Crippen molar-refractivity contribution in [2.45, 2.75) is 40.0 Å². The Morgan fingerprint density at radius 2 is 2.06 bits per heavy atom. The molecule has 1 aromatic rings. The van der Waals surface area contributed by atoms with E-state index in [2.05, 4.69) is 13.8 Å². The average molecular weight is 248 g/mol. The first-order chi connectivity index (χ1) is 8.60. The van der Waals surface area contributed by atoms with E-state index in [-0.39, 0.29) is 11.8 Å². The summed E-state index contributed by atoms with van der Waals surface area (Å²) in [6, 6.07) is 7.55. The minimum atomic E-state index is 0.0722. The number of hydrogen-bond donors (Lipinski definition) is 1. The fraction of sp³-hybridized carbons (Fsp3) is 0.533. The van der Waals surface area contributed by atoms with E-state index in [4.69, 9.17) is 5.73 Å². The molecular formula is C15H24N2O. The van der Waals surface area contributed by atoms with Crippen LogP contribution in [-0.4, -0.2) is 12.5 Å². The molecule has 0 aliphatic rings. The molecule has 0 radical (unpaired) electrons. The van der Waals surface area contributed by atoms with Crippen LogP contribution in [0.15, 0.2) is 24.3 Å². The van der Waals surface area contributed by atoms with Crippen LogP contribution in [0.2, 0.25) is 0 Å². The number of benzene rings is 1. The molecule has 0 aromatic heterocycles. The zero-order chi connectivity index (χ0) is 13.5. The van der Waals surface area contributed by atoms with E-state index in [0.29, 0.717) is 5.69 Å². The predicted octanol–water partition coefficient (Wildman–Crippen LogP) is 3.45. The van der Waals surface area contributed by atoms with Gasteiger partial charge < -0.3 is 10.6 Å². The Morgan fingerprint density at radius 3 is 2.61 bits per heavy atom. The molecule has 0 aliphatic heterocycles. The zero-order valence-corrected chi connectivity index (χ0v) is 11.6. The highest BCUT2D eigenvalue weighted by Crippen LogP contribution is 2.21. The van der Waals surface area contributed by atoms with Gasteiger partial charge in [0.2, 0.25) is 5.91 Å². The van der Waals surface area contributed by atoms with Gasteiger partial charge in [-0.3, -0.25) is 4.79 Å². The highest BCUT2D eigenvalue weighted by molar-refractivity contribution is 5.95. The fourth-order valence-corrected chi connectivity index (χ4v) is 2.11. The molecule has 1 aromatic carbocycles. The van der Waals surface area contributed by atoms with Gasteiger partial charge in [0.1, 0.15) is 0 Å². The molecule has 0 saturated heterocycles. The summed E-state index contributed by atoms with van der Waals surface area (Å²) in [5.41, 5.74) is 7.40. The molecule has 18 heavy (non-hydrogen) atoms. The number of nitrogen functional groups attached to an aromatic ring is 1. The molecule has 0 fully saturated rings. The summed E-state index contributed by atoms with van der Waals surface area (Å²) in [4.78, 5) is 14.3. The Bertz CT molecular complexity index is 390. The molecule has 1 unspecified atom stereocenters. The summed E-state index contributed by atoms with van der Waals surface area (Å²) in [7, 11) is 0. The summed E-state index contributed by atoms with van der Waals surface area (Å²) < 4.78 is 0. The van der Waals surface area contributed by atoms with Crippen LogP contribution in [0.4, 0.5) is 11.4 Å². The van der Waals surface area contributed by atoms with Crippen LogP contribution in [0.25, 0.3) is 0 Å². The average Bonchev–Trinajstić information content (AvgIpc) is 2.35. The molecule has 0 aliphatic carbocycles. The highest BCUT2D eigenvalue weighted by atomic mass is 16.2. The second-order valence-corrected chi connectivity index (χ2v) is 4.77. The SMILES string of the molecule is CCCC(C)C(=O)N(CCC)c1cccc(N)c1. The molecule has 0 spiro atoms. The number of amides is 1. The van der Waals surface area contributed by atoms with Crippen LogP contribution in [0.3, 0.4) is 0 Å². The van der Waals surface area contributed by atoms with E-state index in [1.54, 1.807) is 0 Å². The predicted molar refractivity (Wildman–Crippen MR) is 77.6 cm³/mol. The van der Waals surface area contributed by atoms with Gasteiger partial charge in [-0.25, -0.2) is 0 Å². The largest absolute Gasteiger partial charge is 0.399 e. The van der Waals surface area contributed by atoms with Gasteiger partial charge in [-0.2, -0.15) is 0 Å². The van der Waals surface area contributed by atoms with E-state index in [9.17, 15) is 4.79 Å². The molecule has 1 rings (SSSR count). The molecule has 0 heterocycles. The molecule has 100 valence electrons. The van der Waals surface area contributed by atoms with Crippen molar-refractivity contribution in [1.82, 2.24) is 0 Å². The summed E-state index contributed by atoms with van der Waals surface area (Å²) >= 11 is 0. The van der Waals surface area contributed by atoms with Gasteiger partial charge in [0.05, 0.1) is 0 Å². The molecule has 0 bridgehead atoms. The lowest BCUT2D eigenvalue weighted by atomic mass is 10.0. The topological polar surface area (TPSA) is 46.3 Å². The lowest BCUT2D eigenvalue weighted by molar-refractivity contribution is -0.122. The molecular weight excluding hydrogens is 224 g/mol. The first-order valence-corrected chi connectivity index (χ1v) is 6.77. The maximum absolute atomic E-state index is 12.4. The summed E-state index contributed by atoms with van der Waals surface area (Å²) in [6.45, 7) is 6.93. The smallest absolute Gasteiger partial charge is 0.229 e. The minimum Gasteiger partial charge on any atom is -0.399 e. The Kier molecular flexibility index (Phi) is 5.69. The standard InChI is InChI=1S/C15H24N2O/c1-4-7-12(3)15(18)17(10-5-2)14-9-6-8-13(16)11-14/h6,8-9,11-12H,4-5,7,10,16H2,1-3H3. The zero-order valence-electron chi connectivity index (χ0n) is 11.6. The van der Waals surface area contributed by atoms with Gasteiger partial charge in [0, 0.05) is 23.8 Å². The van der Waals surface area contributed by atoms with Gasteiger partial charge >= 0.3 is 0 Å². The first-order valence-electron chi connectivity index (χ1n) is 6.77. The van der Waals surface area contributed by atoms with Crippen LogP contribution >= 0.6 is 0 Å². The lowest BCUT2D eigenvalue weighted by Crippen LogP contribution is -2.35. The second kappa shape index (κ2) is 7.04. The van der Waals surface area contributed by atoms with Crippen LogP contribution in [0, 0.1) is 5.92 Å².